The van der Waals surface area contributed by atoms with Gasteiger partial charge in [0.2, 0.25) is 11.8 Å². The van der Waals surface area contributed by atoms with E-state index in [1.54, 1.807) is 20.8 Å². The number of hydrogen-bond donors (Lipinski definition) is 3. The van der Waals surface area contributed by atoms with Gasteiger partial charge >= 0.3 is 6.09 Å². The highest BCUT2D eigenvalue weighted by Crippen LogP contribution is 2.38. The number of anilines is 1. The topological polar surface area (TPSA) is 131 Å². The van der Waals surface area contributed by atoms with Crippen LogP contribution in [0.15, 0.2) is 36.4 Å². The number of carbonyl (C=O) groups is 4. The molecule has 4 N–H and O–H groups in total. The zero-order valence-electron chi connectivity index (χ0n) is 23.9. The molecule has 9 nitrogen and oxygen atoms in total. The van der Waals surface area contributed by atoms with Gasteiger partial charge in [-0.15, -0.1) is 0 Å². The number of carbonyl (C=O) groups excluding carboxylic acids is 4. The zero-order chi connectivity index (χ0) is 29.1. The first kappa shape index (κ1) is 29.7. The number of aryl methyl sites for hydroxylation is 4. The van der Waals surface area contributed by atoms with Crippen molar-refractivity contribution < 1.29 is 23.9 Å². The number of rotatable bonds is 9. The van der Waals surface area contributed by atoms with Crippen molar-refractivity contribution in [3.8, 4) is 0 Å². The van der Waals surface area contributed by atoms with Crippen molar-refractivity contribution in [2.45, 2.75) is 91.5 Å². The molecule has 0 saturated heterocycles. The van der Waals surface area contributed by atoms with Gasteiger partial charge in [0.05, 0.1) is 6.42 Å². The summed E-state index contributed by atoms with van der Waals surface area (Å²) in [5.41, 5.74) is 9.54. The number of nitrogens with zero attached hydrogens (tertiary/aromatic N) is 1. The second kappa shape index (κ2) is 11.9. The van der Waals surface area contributed by atoms with E-state index in [0.29, 0.717) is 24.1 Å². The third kappa shape index (κ3) is 7.59. The molecule has 2 atom stereocenters. The quantitative estimate of drug-likeness (QED) is 0.438. The summed E-state index contributed by atoms with van der Waals surface area (Å²) in [4.78, 5) is 54.4. The summed E-state index contributed by atoms with van der Waals surface area (Å²) in [5.74, 6) is -1.70. The van der Waals surface area contributed by atoms with Crippen LogP contribution in [0.2, 0.25) is 0 Å². The molecule has 0 bridgehead atoms. The van der Waals surface area contributed by atoms with Crippen molar-refractivity contribution in [3.05, 3.63) is 64.2 Å². The van der Waals surface area contributed by atoms with Gasteiger partial charge in [-0.3, -0.25) is 14.4 Å². The number of nitrogens with one attached hydrogen (secondary N) is 2. The summed E-state index contributed by atoms with van der Waals surface area (Å²) >= 11 is 0. The maximum Gasteiger partial charge on any atom is 0.408 e. The molecule has 210 valence electrons. The number of benzene rings is 2. The molecular formula is C30H40N4O5. The van der Waals surface area contributed by atoms with Crippen molar-refractivity contribution in [1.82, 2.24) is 10.2 Å². The Morgan fingerprint density at radius 1 is 0.949 bits per heavy atom. The summed E-state index contributed by atoms with van der Waals surface area (Å²) in [6.07, 6.45) is 0.111. The lowest BCUT2D eigenvalue weighted by Gasteiger charge is -2.36. The second-order valence-corrected chi connectivity index (χ2v) is 11.3. The number of amides is 4. The van der Waals surface area contributed by atoms with Crippen molar-refractivity contribution in [3.63, 3.8) is 0 Å². The summed E-state index contributed by atoms with van der Waals surface area (Å²) in [7, 11) is 0. The molecule has 2 unspecified atom stereocenters. The predicted molar refractivity (Wildman–Crippen MR) is 150 cm³/mol. The smallest absolute Gasteiger partial charge is 0.408 e. The van der Waals surface area contributed by atoms with Gasteiger partial charge in [0.1, 0.15) is 17.7 Å². The third-order valence-corrected chi connectivity index (χ3v) is 6.66. The second-order valence-electron chi connectivity index (χ2n) is 11.3. The van der Waals surface area contributed by atoms with E-state index in [0.717, 1.165) is 22.3 Å². The molecule has 0 spiro atoms. The van der Waals surface area contributed by atoms with Crippen LogP contribution in [0.4, 0.5) is 10.5 Å². The first-order valence-electron chi connectivity index (χ1n) is 13.2. The van der Waals surface area contributed by atoms with Crippen LogP contribution in [-0.2, 0) is 19.1 Å². The average Bonchev–Trinajstić information content (AvgIpc) is 3.63. The summed E-state index contributed by atoms with van der Waals surface area (Å²) in [6, 6.07) is 8.91. The van der Waals surface area contributed by atoms with E-state index in [4.69, 9.17) is 10.5 Å². The van der Waals surface area contributed by atoms with Gasteiger partial charge in [-0.05, 0) is 89.1 Å². The van der Waals surface area contributed by atoms with E-state index >= 15 is 0 Å². The maximum atomic E-state index is 14.2. The Bertz CT molecular complexity index is 1220. The number of hydrogen-bond acceptors (Lipinski definition) is 5. The number of para-hydroxylation sites is 1. The normalized spacial score (nSPS) is 14.6. The summed E-state index contributed by atoms with van der Waals surface area (Å²) < 4.78 is 5.34. The minimum atomic E-state index is -1.29. The Kier molecular flexibility index (Phi) is 9.04. The molecule has 1 saturated carbocycles. The SMILES string of the molecule is Cc1cccc(C)c1NC(=O)C(c1c(C)cccc1C)N(C(=O)C(CC(N)=O)NC(=O)OC(C)(C)C)C1CC1. The molecule has 1 fully saturated rings. The van der Waals surface area contributed by atoms with Gasteiger partial charge in [-0.25, -0.2) is 4.79 Å². The van der Waals surface area contributed by atoms with Crippen LogP contribution < -0.4 is 16.4 Å². The molecule has 1 aliphatic carbocycles. The van der Waals surface area contributed by atoms with E-state index in [1.807, 2.05) is 64.1 Å². The number of alkyl carbamates (subject to hydrolysis) is 1. The molecule has 9 heteroatoms. The van der Waals surface area contributed by atoms with Crippen LogP contribution in [0.5, 0.6) is 0 Å². The lowest BCUT2D eigenvalue weighted by molar-refractivity contribution is -0.142. The lowest BCUT2D eigenvalue weighted by atomic mass is 9.93. The van der Waals surface area contributed by atoms with Crippen LogP contribution in [0.25, 0.3) is 0 Å². The van der Waals surface area contributed by atoms with E-state index in [1.165, 1.54) is 4.90 Å². The first-order valence-corrected chi connectivity index (χ1v) is 13.2. The Balaban J connectivity index is 2.08. The van der Waals surface area contributed by atoms with Gasteiger partial charge in [0.25, 0.3) is 5.91 Å². The summed E-state index contributed by atoms with van der Waals surface area (Å²) in [5, 5.41) is 5.59. The van der Waals surface area contributed by atoms with E-state index in [9.17, 15) is 19.2 Å². The molecule has 0 aliphatic heterocycles. The van der Waals surface area contributed by atoms with Gasteiger partial charge < -0.3 is 26.0 Å². The maximum absolute atomic E-state index is 14.2. The Labute approximate surface area is 230 Å². The van der Waals surface area contributed by atoms with Gasteiger partial charge in [-0.2, -0.15) is 0 Å². The molecular weight excluding hydrogens is 496 g/mol. The van der Waals surface area contributed by atoms with Crippen molar-refractivity contribution in [2.24, 2.45) is 5.73 Å². The minimum absolute atomic E-state index is 0.235. The Morgan fingerprint density at radius 3 is 1.92 bits per heavy atom. The molecule has 3 rings (SSSR count). The molecule has 39 heavy (non-hydrogen) atoms. The van der Waals surface area contributed by atoms with Crippen molar-refractivity contribution in [2.75, 3.05) is 5.32 Å². The van der Waals surface area contributed by atoms with Crippen molar-refractivity contribution in [1.29, 1.82) is 0 Å². The standard InChI is InChI=1S/C30H40N4O5/c1-17-10-8-11-18(2)24(17)26(27(36)33-25-19(3)12-9-13-20(25)4)34(21-14-15-21)28(37)22(16-23(31)35)32-29(38)39-30(5,6)7/h8-13,21-22,26H,14-16H2,1-7H3,(H2,31,35)(H,32,38)(H,33,36). The van der Waals surface area contributed by atoms with Crippen LogP contribution in [0.3, 0.4) is 0 Å². The van der Waals surface area contributed by atoms with Gasteiger partial charge in [0, 0.05) is 11.7 Å². The van der Waals surface area contributed by atoms with E-state index < -0.39 is 42.0 Å². The fourth-order valence-electron chi connectivity index (χ4n) is 4.76. The van der Waals surface area contributed by atoms with Crippen LogP contribution >= 0.6 is 0 Å². The average molecular weight is 537 g/mol. The monoisotopic (exact) mass is 536 g/mol. The molecule has 2 aromatic carbocycles. The summed E-state index contributed by atoms with van der Waals surface area (Å²) in [6.45, 7) is 12.7. The third-order valence-electron chi connectivity index (χ3n) is 6.66. The van der Waals surface area contributed by atoms with E-state index in [2.05, 4.69) is 10.6 Å². The molecule has 0 radical (unpaired) electrons. The molecule has 0 aromatic heterocycles. The fourth-order valence-corrected chi connectivity index (χ4v) is 4.76. The number of primary amides is 1. The molecule has 1 aliphatic rings. The van der Waals surface area contributed by atoms with Crippen LogP contribution in [0.1, 0.15) is 73.9 Å². The molecule has 4 amide bonds. The van der Waals surface area contributed by atoms with Gasteiger partial charge in [0.15, 0.2) is 0 Å². The first-order chi connectivity index (χ1) is 18.2. The van der Waals surface area contributed by atoms with Gasteiger partial charge in [-0.1, -0.05) is 36.4 Å². The number of ether oxygens (including phenoxy) is 1. The minimum Gasteiger partial charge on any atom is -0.444 e. The van der Waals surface area contributed by atoms with Crippen LogP contribution in [0, 0.1) is 27.7 Å². The highest BCUT2D eigenvalue weighted by Gasteiger charge is 2.45. The highest BCUT2D eigenvalue weighted by atomic mass is 16.6. The molecule has 2 aromatic rings. The Morgan fingerprint density at radius 2 is 1.46 bits per heavy atom. The predicted octanol–water partition coefficient (Wildman–Crippen LogP) is 4.36. The fraction of sp³-hybridized carbons (Fsp3) is 0.467. The largest absolute Gasteiger partial charge is 0.444 e. The molecule has 0 heterocycles. The van der Waals surface area contributed by atoms with Crippen molar-refractivity contribution >= 4 is 29.5 Å². The van der Waals surface area contributed by atoms with Crippen LogP contribution in [-0.4, -0.2) is 46.4 Å². The highest BCUT2D eigenvalue weighted by molar-refractivity contribution is 6.01. The zero-order valence-corrected chi connectivity index (χ0v) is 23.9. The Hall–Kier alpha value is -3.88. The number of nitrogens with two attached hydrogens (primary N) is 1. The van der Waals surface area contributed by atoms with E-state index in [-0.39, 0.29) is 11.9 Å². The lowest BCUT2D eigenvalue weighted by Crippen LogP contribution is -2.54.